The molecule has 0 radical (unpaired) electrons. The van der Waals surface area contributed by atoms with Gasteiger partial charge < -0.3 is 30.3 Å². The van der Waals surface area contributed by atoms with E-state index in [0.29, 0.717) is 13.1 Å². The lowest BCUT2D eigenvalue weighted by molar-refractivity contribution is -0.193. The predicted molar refractivity (Wildman–Crippen MR) is 258 cm³/mol. The van der Waals surface area contributed by atoms with Crippen LogP contribution in [0.2, 0.25) is 0 Å². The van der Waals surface area contributed by atoms with Gasteiger partial charge in [-0.15, -0.1) is 0 Å². The smallest absolute Gasteiger partial charge is 0.311 e. The Morgan fingerprint density at radius 3 is 1.50 bits per heavy atom. The number of carbonyl (C=O) groups excluding carboxylic acids is 1. The Kier molecular flexibility index (Phi) is 21.1. The number of aliphatic hydroxyl groups excluding tert-OH is 3. The topological polar surface area (TPSA) is 131 Å². The second-order valence-electron chi connectivity index (χ2n) is 19.3. The molecule has 0 aromatic heterocycles. The third kappa shape index (κ3) is 13.9. The first-order chi connectivity index (χ1) is 29.6. The van der Waals surface area contributed by atoms with Crippen molar-refractivity contribution < 1.29 is 35.1 Å². The Hall–Kier alpha value is -2.68. The maximum absolute atomic E-state index is 13.2. The molecule has 1 heterocycles. The molecule has 0 saturated carbocycles. The van der Waals surface area contributed by atoms with Gasteiger partial charge in [-0.3, -0.25) is 9.69 Å². The number of cyclic esters (lactones) is 1. The van der Waals surface area contributed by atoms with Gasteiger partial charge >= 0.3 is 5.97 Å². The molecule has 9 heteroatoms. The van der Waals surface area contributed by atoms with Crippen LogP contribution in [0, 0.1) is 17.8 Å². The summed E-state index contributed by atoms with van der Waals surface area (Å²) in [6.07, 6.45) is 11.4. The molecule has 5 N–H and O–H groups in total. The van der Waals surface area contributed by atoms with E-state index in [2.05, 4.69) is 95.9 Å². The summed E-state index contributed by atoms with van der Waals surface area (Å²) in [7, 11) is -1.75. The molecule has 8 nitrogen and oxygen atoms in total. The van der Waals surface area contributed by atoms with Crippen LogP contribution < -0.4 is 15.9 Å². The van der Waals surface area contributed by atoms with E-state index in [1.807, 2.05) is 13.8 Å². The Labute approximate surface area is 375 Å². The Morgan fingerprint density at radius 1 is 0.645 bits per heavy atom. The minimum absolute atomic E-state index is 0.0705. The van der Waals surface area contributed by atoms with Gasteiger partial charge in [-0.2, -0.15) is 0 Å². The first kappa shape index (κ1) is 51.9. The molecule has 0 bridgehead atoms. The van der Waals surface area contributed by atoms with Gasteiger partial charge in [-0.25, -0.2) is 0 Å². The molecule has 346 valence electrons. The summed E-state index contributed by atoms with van der Waals surface area (Å²) in [6, 6.07) is 33.1. The highest BCUT2D eigenvalue weighted by atomic mass is 31.2. The Morgan fingerprint density at radius 2 is 1.06 bits per heavy atom. The monoisotopic (exact) mass is 877 g/mol. The zero-order valence-corrected chi connectivity index (χ0v) is 40.1. The standard InChI is InChI=1S/C53H83NO7P/c1-8-47-53(7,60)50(57)43(5)54(39-40(2)38-52(6,59)49(56)41(3)48(55)42(4)51(58)61-47)36-28-17-15-13-11-9-10-12-14-16-18-29-37-62(44-30-22-19-23-31-44,45-32-24-20-25-33-45)46-34-26-21-27-35-46/h19-27,30-35,40-43,47-50,55-57,59-60H,8-18,28-29,36-39H2,1-7H3/q+1/t40-,41+,42-,43-,47-,48+,49-,50-,52-,53-/m1/s1. The highest BCUT2D eigenvalue weighted by Crippen LogP contribution is 2.56. The maximum atomic E-state index is 13.2. The number of hydrogen-bond acceptors (Lipinski definition) is 8. The fourth-order valence-electron chi connectivity index (χ4n) is 10.2. The van der Waals surface area contributed by atoms with E-state index < -0.39 is 66.7 Å². The summed E-state index contributed by atoms with van der Waals surface area (Å²) >= 11 is 0. The molecular formula is C53H83NO7P+. The summed E-state index contributed by atoms with van der Waals surface area (Å²) in [5.41, 5.74) is -3.26. The van der Waals surface area contributed by atoms with Gasteiger partial charge in [-0.1, -0.05) is 133 Å². The zero-order valence-electron chi connectivity index (χ0n) is 39.2. The van der Waals surface area contributed by atoms with Crippen molar-refractivity contribution in [3.05, 3.63) is 91.0 Å². The SMILES string of the molecule is CC[C@H]1OC(=O)[C@H](C)[C@@H](O)[C@H](C)[C@@H](O)[C@](C)(O)C[C@@H](C)CN(CCCCCCCCCCCCCC[P+](c2ccccc2)(c2ccccc2)c2ccccc2)[C@H](C)[C@@H](O)[C@]1(C)O. The lowest BCUT2D eigenvalue weighted by atomic mass is 9.78. The van der Waals surface area contributed by atoms with Gasteiger partial charge in [0.25, 0.3) is 0 Å². The molecule has 1 aliphatic rings. The molecule has 0 unspecified atom stereocenters. The van der Waals surface area contributed by atoms with E-state index in [1.54, 1.807) is 20.8 Å². The average molecular weight is 877 g/mol. The number of rotatable bonds is 19. The minimum Gasteiger partial charge on any atom is -0.459 e. The van der Waals surface area contributed by atoms with Gasteiger partial charge in [0.15, 0.2) is 0 Å². The third-order valence-corrected chi connectivity index (χ3v) is 18.6. The number of benzene rings is 3. The number of hydrogen-bond donors (Lipinski definition) is 5. The quantitative estimate of drug-likeness (QED) is 0.0461. The number of nitrogens with zero attached hydrogens (tertiary/aromatic N) is 1. The van der Waals surface area contributed by atoms with E-state index in [1.165, 1.54) is 93.7 Å². The van der Waals surface area contributed by atoms with Crippen LogP contribution in [0.15, 0.2) is 91.0 Å². The van der Waals surface area contributed by atoms with Crippen molar-refractivity contribution in [2.24, 2.45) is 17.8 Å². The van der Waals surface area contributed by atoms with E-state index in [-0.39, 0.29) is 18.8 Å². The molecule has 0 spiro atoms. The van der Waals surface area contributed by atoms with Gasteiger partial charge in [0.05, 0.1) is 29.9 Å². The highest BCUT2D eigenvalue weighted by molar-refractivity contribution is 7.95. The first-order valence-corrected chi connectivity index (χ1v) is 26.0. The van der Waals surface area contributed by atoms with Crippen molar-refractivity contribution in [2.45, 2.75) is 180 Å². The predicted octanol–water partition coefficient (Wildman–Crippen LogP) is 8.57. The number of esters is 1. The normalized spacial score (nSPS) is 29.7. The van der Waals surface area contributed by atoms with Crippen molar-refractivity contribution in [3.8, 4) is 0 Å². The van der Waals surface area contributed by atoms with Gasteiger partial charge in [-0.05, 0) is 109 Å². The minimum atomic E-state index is -1.75. The zero-order chi connectivity index (χ0) is 45.3. The number of unbranched alkanes of at least 4 members (excludes halogenated alkanes) is 11. The lowest BCUT2D eigenvalue weighted by Gasteiger charge is -2.43. The maximum Gasteiger partial charge on any atom is 0.311 e. The third-order valence-electron chi connectivity index (χ3n) is 14.1. The highest BCUT2D eigenvalue weighted by Gasteiger charge is 2.48. The van der Waals surface area contributed by atoms with Crippen LogP contribution in [0.5, 0.6) is 0 Å². The van der Waals surface area contributed by atoms with Crippen LogP contribution in [0.3, 0.4) is 0 Å². The summed E-state index contributed by atoms with van der Waals surface area (Å²) in [6.45, 7) is 13.2. The molecule has 1 fully saturated rings. The van der Waals surface area contributed by atoms with Crippen LogP contribution in [0.1, 0.15) is 138 Å². The van der Waals surface area contributed by atoms with Crippen molar-refractivity contribution >= 4 is 29.1 Å². The molecule has 62 heavy (non-hydrogen) atoms. The molecule has 0 amide bonds. The van der Waals surface area contributed by atoms with Gasteiger partial charge in [0.2, 0.25) is 0 Å². The van der Waals surface area contributed by atoms with Crippen LogP contribution in [0.25, 0.3) is 0 Å². The summed E-state index contributed by atoms with van der Waals surface area (Å²) in [5.74, 6) is -2.61. The number of ether oxygens (including phenoxy) is 1. The molecule has 1 aliphatic heterocycles. The summed E-state index contributed by atoms with van der Waals surface area (Å²) in [4.78, 5) is 15.4. The van der Waals surface area contributed by atoms with E-state index in [4.69, 9.17) is 4.74 Å². The van der Waals surface area contributed by atoms with E-state index in [0.717, 1.165) is 19.3 Å². The first-order valence-electron chi connectivity index (χ1n) is 24.1. The van der Waals surface area contributed by atoms with Crippen LogP contribution in [-0.4, -0.2) is 97.3 Å². The molecule has 3 aromatic rings. The summed E-state index contributed by atoms with van der Waals surface area (Å²) in [5, 5.41) is 61.5. The van der Waals surface area contributed by atoms with E-state index >= 15 is 0 Å². The number of carbonyl (C=O) groups is 1. The molecule has 1 saturated heterocycles. The second-order valence-corrected chi connectivity index (χ2v) is 22.9. The number of aliphatic hydroxyl groups is 5. The lowest BCUT2D eigenvalue weighted by Crippen LogP contribution is -2.59. The van der Waals surface area contributed by atoms with Crippen LogP contribution >= 0.6 is 7.26 Å². The molecule has 10 atom stereocenters. The van der Waals surface area contributed by atoms with Crippen molar-refractivity contribution in [2.75, 3.05) is 19.3 Å². The van der Waals surface area contributed by atoms with Gasteiger partial charge in [0.1, 0.15) is 41.0 Å². The summed E-state index contributed by atoms with van der Waals surface area (Å²) < 4.78 is 5.75. The van der Waals surface area contributed by atoms with E-state index in [9.17, 15) is 30.3 Å². The second kappa shape index (κ2) is 25.1. The van der Waals surface area contributed by atoms with Crippen molar-refractivity contribution in [3.63, 3.8) is 0 Å². The molecule has 4 rings (SSSR count). The van der Waals surface area contributed by atoms with Crippen molar-refractivity contribution in [1.29, 1.82) is 0 Å². The molecular weight excluding hydrogens is 794 g/mol. The largest absolute Gasteiger partial charge is 0.459 e. The van der Waals surface area contributed by atoms with Crippen LogP contribution in [0.4, 0.5) is 0 Å². The average Bonchev–Trinajstić information content (AvgIpc) is 3.27. The van der Waals surface area contributed by atoms with Gasteiger partial charge in [0, 0.05) is 18.5 Å². The molecule has 0 aliphatic carbocycles. The molecule has 3 aromatic carbocycles. The Bertz CT molecular complexity index is 1600. The van der Waals surface area contributed by atoms with Crippen molar-refractivity contribution in [1.82, 2.24) is 4.90 Å². The Balaban J connectivity index is 1.22. The fourth-order valence-corrected chi connectivity index (χ4v) is 14.6. The van der Waals surface area contributed by atoms with Crippen LogP contribution in [-0.2, 0) is 9.53 Å². The fraction of sp³-hybridized carbons (Fsp3) is 0.642.